The third-order valence-electron chi connectivity index (χ3n) is 3.24. The van der Waals surface area contributed by atoms with E-state index in [1.54, 1.807) is 7.11 Å². The maximum absolute atomic E-state index is 12.0. The number of nitrogens with two attached hydrogens (primary N) is 1. The van der Waals surface area contributed by atoms with Crippen LogP contribution in [-0.2, 0) is 11.2 Å². The van der Waals surface area contributed by atoms with Crippen molar-refractivity contribution >= 4 is 11.6 Å². The molecule has 1 atom stereocenters. The first kappa shape index (κ1) is 15.1. The predicted molar refractivity (Wildman–Crippen MR) is 84.4 cm³/mol. The van der Waals surface area contributed by atoms with E-state index in [0.717, 1.165) is 22.6 Å². The molecular weight excluding hydrogens is 264 g/mol. The highest BCUT2D eigenvalue weighted by Crippen LogP contribution is 2.15. The van der Waals surface area contributed by atoms with E-state index in [1.165, 1.54) is 0 Å². The van der Waals surface area contributed by atoms with E-state index >= 15 is 0 Å². The van der Waals surface area contributed by atoms with Crippen molar-refractivity contribution in [3.63, 3.8) is 0 Å². The minimum Gasteiger partial charge on any atom is -0.497 e. The Hall–Kier alpha value is -2.33. The molecule has 0 heterocycles. The molecule has 0 saturated heterocycles. The van der Waals surface area contributed by atoms with E-state index < -0.39 is 0 Å². The highest BCUT2D eigenvalue weighted by molar-refractivity contribution is 5.92. The Kier molecular flexibility index (Phi) is 4.95. The van der Waals surface area contributed by atoms with Crippen molar-refractivity contribution in [3.05, 3.63) is 59.7 Å². The number of nitrogens with one attached hydrogen (secondary N) is 1. The lowest BCUT2D eigenvalue weighted by molar-refractivity contribution is -0.115. The average Bonchev–Trinajstić information content (AvgIpc) is 2.48. The van der Waals surface area contributed by atoms with Crippen LogP contribution < -0.4 is 15.8 Å². The minimum atomic E-state index is -0.0475. The molecule has 0 aliphatic carbocycles. The molecule has 0 saturated carbocycles. The molecule has 4 heteroatoms. The van der Waals surface area contributed by atoms with Crippen molar-refractivity contribution < 1.29 is 9.53 Å². The highest BCUT2D eigenvalue weighted by Gasteiger charge is 2.05. The molecular formula is C17H20N2O2. The number of carbonyl (C=O) groups excluding carboxylic acids is 1. The molecule has 0 aliphatic rings. The van der Waals surface area contributed by atoms with Crippen molar-refractivity contribution in [2.75, 3.05) is 12.4 Å². The molecule has 0 radical (unpaired) electrons. The number of methoxy groups -OCH3 is 1. The zero-order valence-corrected chi connectivity index (χ0v) is 12.3. The fourth-order valence-corrected chi connectivity index (χ4v) is 2.00. The molecule has 2 rings (SSSR count). The van der Waals surface area contributed by atoms with Gasteiger partial charge in [0, 0.05) is 11.7 Å². The molecule has 0 spiro atoms. The number of hydrogen-bond acceptors (Lipinski definition) is 3. The average molecular weight is 284 g/mol. The normalized spacial score (nSPS) is 11.8. The van der Waals surface area contributed by atoms with Gasteiger partial charge in [-0.15, -0.1) is 0 Å². The second-order valence-electron chi connectivity index (χ2n) is 4.98. The van der Waals surface area contributed by atoms with Crippen LogP contribution >= 0.6 is 0 Å². The number of amides is 1. The van der Waals surface area contributed by atoms with Gasteiger partial charge in [0.15, 0.2) is 0 Å². The second kappa shape index (κ2) is 6.90. The van der Waals surface area contributed by atoms with Gasteiger partial charge in [0.25, 0.3) is 0 Å². The van der Waals surface area contributed by atoms with Gasteiger partial charge in [-0.3, -0.25) is 4.79 Å². The molecule has 1 unspecified atom stereocenters. The predicted octanol–water partition coefficient (Wildman–Crippen LogP) is 2.90. The Bertz CT molecular complexity index is 589. The largest absolute Gasteiger partial charge is 0.497 e. The first-order valence-corrected chi connectivity index (χ1v) is 6.87. The van der Waals surface area contributed by atoms with Gasteiger partial charge >= 0.3 is 0 Å². The summed E-state index contributed by atoms with van der Waals surface area (Å²) in [7, 11) is 1.62. The zero-order valence-electron chi connectivity index (χ0n) is 12.3. The number of carbonyl (C=O) groups is 1. The summed E-state index contributed by atoms with van der Waals surface area (Å²) in [6.07, 6.45) is 0.332. The van der Waals surface area contributed by atoms with E-state index in [0.29, 0.717) is 6.42 Å². The number of benzene rings is 2. The standard InChI is InChI=1S/C17H20N2O2/c1-12(18)14-5-7-15(8-6-14)19-17(20)11-13-3-9-16(21-2)10-4-13/h3-10,12H,11,18H2,1-2H3,(H,19,20). The van der Waals surface area contributed by atoms with Crippen LogP contribution in [-0.4, -0.2) is 13.0 Å². The maximum Gasteiger partial charge on any atom is 0.228 e. The summed E-state index contributed by atoms with van der Waals surface area (Å²) in [5.41, 5.74) is 8.56. The minimum absolute atomic E-state index is 0.00551. The smallest absolute Gasteiger partial charge is 0.228 e. The van der Waals surface area contributed by atoms with Crippen LogP contribution in [0.1, 0.15) is 24.1 Å². The van der Waals surface area contributed by atoms with Crippen molar-refractivity contribution in [3.8, 4) is 5.75 Å². The van der Waals surface area contributed by atoms with Gasteiger partial charge in [-0.1, -0.05) is 24.3 Å². The van der Waals surface area contributed by atoms with Crippen molar-refractivity contribution in [1.29, 1.82) is 0 Å². The van der Waals surface area contributed by atoms with Crippen LogP contribution in [0.3, 0.4) is 0 Å². The van der Waals surface area contributed by atoms with Crippen molar-refractivity contribution in [2.45, 2.75) is 19.4 Å². The van der Waals surface area contributed by atoms with Gasteiger partial charge in [-0.05, 0) is 42.3 Å². The summed E-state index contributed by atoms with van der Waals surface area (Å²) in [6.45, 7) is 1.93. The van der Waals surface area contributed by atoms with Crippen LogP contribution in [0.2, 0.25) is 0 Å². The van der Waals surface area contributed by atoms with Gasteiger partial charge in [0.2, 0.25) is 5.91 Å². The molecule has 1 amide bonds. The number of anilines is 1. The van der Waals surface area contributed by atoms with E-state index in [1.807, 2.05) is 55.5 Å². The third-order valence-corrected chi connectivity index (χ3v) is 3.24. The van der Waals surface area contributed by atoms with E-state index in [-0.39, 0.29) is 11.9 Å². The quantitative estimate of drug-likeness (QED) is 0.887. The maximum atomic E-state index is 12.0. The Labute approximate surface area is 124 Å². The Morgan fingerprint density at radius 3 is 2.29 bits per heavy atom. The van der Waals surface area contributed by atoms with Crippen LogP contribution in [0, 0.1) is 0 Å². The van der Waals surface area contributed by atoms with Crippen molar-refractivity contribution in [2.24, 2.45) is 5.73 Å². The lowest BCUT2D eigenvalue weighted by atomic mass is 10.1. The molecule has 2 aromatic carbocycles. The Balaban J connectivity index is 1.94. The van der Waals surface area contributed by atoms with Gasteiger partial charge in [0.05, 0.1) is 13.5 Å². The van der Waals surface area contributed by atoms with E-state index in [2.05, 4.69) is 5.32 Å². The summed E-state index contributed by atoms with van der Waals surface area (Å²) in [5, 5.41) is 2.87. The van der Waals surface area contributed by atoms with Crippen LogP contribution in [0.4, 0.5) is 5.69 Å². The fourth-order valence-electron chi connectivity index (χ4n) is 2.00. The second-order valence-corrected chi connectivity index (χ2v) is 4.98. The van der Waals surface area contributed by atoms with Gasteiger partial charge in [-0.2, -0.15) is 0 Å². The van der Waals surface area contributed by atoms with E-state index in [4.69, 9.17) is 10.5 Å². The van der Waals surface area contributed by atoms with E-state index in [9.17, 15) is 4.79 Å². The summed E-state index contributed by atoms with van der Waals surface area (Å²) in [5.74, 6) is 0.736. The monoisotopic (exact) mass is 284 g/mol. The highest BCUT2D eigenvalue weighted by atomic mass is 16.5. The molecule has 21 heavy (non-hydrogen) atoms. The summed E-state index contributed by atoms with van der Waals surface area (Å²) < 4.78 is 5.09. The summed E-state index contributed by atoms with van der Waals surface area (Å²) >= 11 is 0. The zero-order chi connectivity index (χ0) is 15.2. The number of hydrogen-bond donors (Lipinski definition) is 2. The molecule has 2 aromatic rings. The molecule has 0 aromatic heterocycles. The number of ether oxygens (including phenoxy) is 1. The Morgan fingerprint density at radius 2 is 1.76 bits per heavy atom. The van der Waals surface area contributed by atoms with Crippen LogP contribution in [0.5, 0.6) is 5.75 Å². The Morgan fingerprint density at radius 1 is 1.14 bits per heavy atom. The molecule has 110 valence electrons. The summed E-state index contributed by atoms with van der Waals surface area (Å²) in [4.78, 5) is 12.0. The first-order valence-electron chi connectivity index (χ1n) is 6.87. The number of rotatable bonds is 5. The lowest BCUT2D eigenvalue weighted by Crippen LogP contribution is -2.14. The molecule has 0 aliphatic heterocycles. The topological polar surface area (TPSA) is 64.3 Å². The lowest BCUT2D eigenvalue weighted by Gasteiger charge is -2.09. The first-order chi connectivity index (χ1) is 10.1. The molecule has 3 N–H and O–H groups in total. The van der Waals surface area contributed by atoms with Crippen LogP contribution in [0.15, 0.2) is 48.5 Å². The van der Waals surface area contributed by atoms with Gasteiger partial charge < -0.3 is 15.8 Å². The SMILES string of the molecule is COc1ccc(CC(=O)Nc2ccc(C(C)N)cc2)cc1. The fraction of sp³-hybridized carbons (Fsp3) is 0.235. The van der Waals surface area contributed by atoms with Crippen LogP contribution in [0.25, 0.3) is 0 Å². The van der Waals surface area contributed by atoms with Crippen molar-refractivity contribution in [1.82, 2.24) is 0 Å². The third kappa shape index (κ3) is 4.33. The molecule has 0 bridgehead atoms. The summed E-state index contributed by atoms with van der Waals surface area (Å²) in [6, 6.07) is 15.0. The van der Waals surface area contributed by atoms with Gasteiger partial charge in [-0.25, -0.2) is 0 Å². The molecule has 4 nitrogen and oxygen atoms in total. The molecule has 0 fully saturated rings. The van der Waals surface area contributed by atoms with Gasteiger partial charge in [0.1, 0.15) is 5.75 Å².